The third kappa shape index (κ3) is 5.35. The molecule has 0 radical (unpaired) electrons. The minimum Gasteiger partial charge on any atom is -0.508 e. The minimum absolute atomic E-state index is 0.109. The molecule has 2 rings (SSSR count). The SMILES string of the molecule is O=P(O)(O)CN(CCc1ccc(Cl)cc1)c1ccc(O)cc1. The number of rotatable bonds is 6. The van der Waals surface area contributed by atoms with E-state index in [1.54, 1.807) is 29.2 Å². The molecule has 0 heterocycles. The van der Waals surface area contributed by atoms with Crippen LogP contribution >= 0.6 is 19.2 Å². The van der Waals surface area contributed by atoms with Gasteiger partial charge < -0.3 is 19.8 Å². The lowest BCUT2D eigenvalue weighted by atomic mass is 10.1. The first-order valence-corrected chi connectivity index (χ1v) is 8.84. The molecule has 22 heavy (non-hydrogen) atoms. The Kier molecular flexibility index (Phi) is 5.48. The largest absolute Gasteiger partial charge is 0.508 e. The van der Waals surface area contributed by atoms with E-state index in [1.807, 2.05) is 12.1 Å². The second kappa shape index (κ2) is 7.16. The molecular weight excluding hydrogens is 325 g/mol. The smallest absolute Gasteiger partial charge is 0.344 e. The maximum Gasteiger partial charge on any atom is 0.344 e. The van der Waals surface area contributed by atoms with Crippen LogP contribution in [0.5, 0.6) is 5.75 Å². The number of hydrogen-bond donors (Lipinski definition) is 3. The van der Waals surface area contributed by atoms with Crippen molar-refractivity contribution in [2.75, 3.05) is 17.7 Å². The third-order valence-corrected chi connectivity index (χ3v) is 4.12. The van der Waals surface area contributed by atoms with E-state index in [1.165, 1.54) is 12.1 Å². The van der Waals surface area contributed by atoms with Crippen molar-refractivity contribution >= 4 is 24.9 Å². The highest BCUT2D eigenvalue weighted by atomic mass is 35.5. The van der Waals surface area contributed by atoms with Crippen LogP contribution in [0.1, 0.15) is 5.56 Å². The average Bonchev–Trinajstić information content (AvgIpc) is 2.45. The average molecular weight is 342 g/mol. The van der Waals surface area contributed by atoms with E-state index in [4.69, 9.17) is 11.6 Å². The number of hydrogen-bond acceptors (Lipinski definition) is 3. The predicted octanol–water partition coefficient (Wildman–Crippen LogP) is 3.23. The molecule has 3 N–H and O–H groups in total. The van der Waals surface area contributed by atoms with Gasteiger partial charge in [-0.05, 0) is 48.4 Å². The van der Waals surface area contributed by atoms with E-state index < -0.39 is 7.60 Å². The van der Waals surface area contributed by atoms with Crippen LogP contribution in [0.15, 0.2) is 48.5 Å². The second-order valence-electron chi connectivity index (χ2n) is 4.96. The first kappa shape index (κ1) is 16.8. The number of aromatic hydroxyl groups is 1. The van der Waals surface area contributed by atoms with Crippen molar-refractivity contribution in [1.82, 2.24) is 0 Å². The van der Waals surface area contributed by atoms with Crippen LogP contribution in [0.3, 0.4) is 0 Å². The van der Waals surface area contributed by atoms with Gasteiger partial charge in [0, 0.05) is 17.3 Å². The zero-order valence-electron chi connectivity index (χ0n) is 11.8. The highest BCUT2D eigenvalue weighted by molar-refractivity contribution is 7.51. The van der Waals surface area contributed by atoms with Crippen LogP contribution in [0.25, 0.3) is 0 Å². The highest BCUT2D eigenvalue weighted by Gasteiger charge is 2.19. The third-order valence-electron chi connectivity index (χ3n) is 3.15. The Balaban J connectivity index is 2.12. The molecule has 0 aliphatic rings. The van der Waals surface area contributed by atoms with E-state index >= 15 is 0 Å². The van der Waals surface area contributed by atoms with Crippen LogP contribution in [0.2, 0.25) is 5.02 Å². The summed E-state index contributed by atoms with van der Waals surface area (Å²) in [6, 6.07) is 13.6. The Hall–Kier alpha value is -1.52. The van der Waals surface area contributed by atoms with E-state index in [2.05, 4.69) is 0 Å². The lowest BCUT2D eigenvalue weighted by molar-refractivity contribution is 0.372. The molecule has 2 aromatic carbocycles. The maximum atomic E-state index is 11.3. The summed E-state index contributed by atoms with van der Waals surface area (Å²) in [5, 5.41) is 9.97. The molecule has 7 heteroatoms. The molecule has 0 fully saturated rings. The van der Waals surface area contributed by atoms with Crippen LogP contribution < -0.4 is 4.90 Å². The first-order valence-electron chi connectivity index (χ1n) is 6.66. The zero-order chi connectivity index (χ0) is 16.2. The normalized spacial score (nSPS) is 11.4. The fourth-order valence-corrected chi connectivity index (χ4v) is 2.96. The van der Waals surface area contributed by atoms with Crippen molar-refractivity contribution in [3.8, 4) is 5.75 Å². The molecule has 0 aliphatic heterocycles. The fourth-order valence-electron chi connectivity index (χ4n) is 2.08. The molecule has 0 aliphatic carbocycles. The van der Waals surface area contributed by atoms with Crippen molar-refractivity contribution in [3.63, 3.8) is 0 Å². The topological polar surface area (TPSA) is 81.0 Å². The quantitative estimate of drug-likeness (QED) is 0.703. The van der Waals surface area contributed by atoms with Gasteiger partial charge in [-0.3, -0.25) is 4.57 Å². The summed E-state index contributed by atoms with van der Waals surface area (Å²) in [5.74, 6) is 0.109. The van der Waals surface area contributed by atoms with Gasteiger partial charge in [0.05, 0.1) is 0 Å². The predicted molar refractivity (Wildman–Crippen MR) is 87.5 cm³/mol. The van der Waals surface area contributed by atoms with E-state index in [9.17, 15) is 19.5 Å². The molecule has 0 aromatic heterocycles. The Morgan fingerprint density at radius 3 is 2.14 bits per heavy atom. The van der Waals surface area contributed by atoms with E-state index in [0.29, 0.717) is 23.7 Å². The van der Waals surface area contributed by atoms with Gasteiger partial charge in [-0.15, -0.1) is 0 Å². The van der Waals surface area contributed by atoms with Gasteiger partial charge in [-0.25, -0.2) is 0 Å². The Bertz CT molecular complexity index is 654. The van der Waals surface area contributed by atoms with Crippen molar-refractivity contribution in [2.45, 2.75) is 6.42 Å². The monoisotopic (exact) mass is 341 g/mol. The van der Waals surface area contributed by atoms with Gasteiger partial charge in [0.15, 0.2) is 0 Å². The number of nitrogens with zero attached hydrogens (tertiary/aromatic N) is 1. The van der Waals surface area contributed by atoms with Gasteiger partial charge in [0.1, 0.15) is 12.0 Å². The van der Waals surface area contributed by atoms with Gasteiger partial charge in [0.2, 0.25) is 0 Å². The molecule has 0 unspecified atom stereocenters. The molecule has 0 saturated heterocycles. The maximum absolute atomic E-state index is 11.3. The van der Waals surface area contributed by atoms with Crippen molar-refractivity contribution in [2.24, 2.45) is 0 Å². The number of benzene rings is 2. The van der Waals surface area contributed by atoms with Gasteiger partial charge in [0.25, 0.3) is 0 Å². The van der Waals surface area contributed by atoms with Gasteiger partial charge in [-0.1, -0.05) is 23.7 Å². The molecule has 118 valence electrons. The van der Waals surface area contributed by atoms with Crippen molar-refractivity contribution < 1.29 is 19.5 Å². The van der Waals surface area contributed by atoms with Crippen LogP contribution in [-0.4, -0.2) is 27.7 Å². The Morgan fingerprint density at radius 2 is 1.59 bits per heavy atom. The number of halogens is 1. The Labute approximate surface area is 133 Å². The van der Waals surface area contributed by atoms with Gasteiger partial charge in [-0.2, -0.15) is 0 Å². The molecule has 0 amide bonds. The number of phenolic OH excluding ortho intramolecular Hbond substituents is 1. The second-order valence-corrected chi connectivity index (χ2v) is 7.01. The standard InChI is InChI=1S/C15H17ClNO4P/c16-13-3-1-12(2-4-13)9-10-17(11-22(19,20)21)14-5-7-15(18)8-6-14/h1-8,18H,9-11H2,(H2,19,20,21). The summed E-state index contributed by atoms with van der Waals surface area (Å²) in [5.41, 5.74) is 1.67. The molecule has 2 aromatic rings. The van der Waals surface area contributed by atoms with Crippen molar-refractivity contribution in [3.05, 3.63) is 59.1 Å². The number of anilines is 1. The molecule has 0 saturated carbocycles. The lowest BCUT2D eigenvalue weighted by Crippen LogP contribution is -2.27. The van der Waals surface area contributed by atoms with Crippen molar-refractivity contribution in [1.29, 1.82) is 0 Å². The molecule has 5 nitrogen and oxygen atoms in total. The summed E-state index contributed by atoms with van der Waals surface area (Å²) in [6.45, 7) is 0.442. The fraction of sp³-hybridized carbons (Fsp3) is 0.200. The summed E-state index contributed by atoms with van der Waals surface area (Å²) < 4.78 is 11.3. The van der Waals surface area contributed by atoms with Crippen LogP contribution in [0, 0.1) is 0 Å². The van der Waals surface area contributed by atoms with E-state index in [-0.39, 0.29) is 12.0 Å². The molecular formula is C15H17ClNO4P. The summed E-state index contributed by atoms with van der Waals surface area (Å²) >= 11 is 5.84. The van der Waals surface area contributed by atoms with E-state index in [0.717, 1.165) is 5.56 Å². The number of phenols is 1. The van der Waals surface area contributed by atoms with Crippen LogP contribution in [0.4, 0.5) is 5.69 Å². The zero-order valence-corrected chi connectivity index (χ0v) is 13.4. The molecule has 0 atom stereocenters. The van der Waals surface area contributed by atoms with Crippen LogP contribution in [-0.2, 0) is 11.0 Å². The molecule has 0 spiro atoms. The summed E-state index contributed by atoms with van der Waals surface area (Å²) in [4.78, 5) is 20.1. The lowest BCUT2D eigenvalue weighted by Gasteiger charge is -2.25. The minimum atomic E-state index is -4.19. The summed E-state index contributed by atoms with van der Waals surface area (Å²) in [7, 11) is -4.19. The molecule has 0 bridgehead atoms. The van der Waals surface area contributed by atoms with Gasteiger partial charge >= 0.3 is 7.60 Å². The first-order chi connectivity index (χ1) is 10.3. The summed E-state index contributed by atoms with van der Waals surface area (Å²) in [6.07, 6.45) is 0.253. The Morgan fingerprint density at radius 1 is 1.00 bits per heavy atom. The highest BCUT2D eigenvalue weighted by Crippen LogP contribution is 2.37.